The minimum absolute atomic E-state index is 0.167. The lowest BCUT2D eigenvalue weighted by molar-refractivity contribution is -0.120. The third-order valence-electron chi connectivity index (χ3n) is 1.98. The van der Waals surface area contributed by atoms with Crippen LogP contribution in [0.3, 0.4) is 0 Å². The third kappa shape index (κ3) is 3.82. The highest BCUT2D eigenvalue weighted by molar-refractivity contribution is 5.91. The summed E-state index contributed by atoms with van der Waals surface area (Å²) in [5.74, 6) is -0.633. The average molecular weight is 221 g/mol. The second-order valence-corrected chi connectivity index (χ2v) is 3.51. The van der Waals surface area contributed by atoms with Crippen molar-refractivity contribution in [2.75, 3.05) is 13.7 Å². The minimum Gasteiger partial charge on any atom is -0.454 e. The van der Waals surface area contributed by atoms with Crippen molar-refractivity contribution in [3.8, 4) is 0 Å². The molecule has 0 radical (unpaired) electrons. The monoisotopic (exact) mass is 221 g/mol. The molecule has 1 aromatic rings. The lowest BCUT2D eigenvalue weighted by Crippen LogP contribution is -2.11. The van der Waals surface area contributed by atoms with Gasteiger partial charge in [0.15, 0.2) is 5.78 Å². The first-order valence-corrected chi connectivity index (χ1v) is 5.03. The van der Waals surface area contributed by atoms with Crippen molar-refractivity contribution in [3.05, 3.63) is 35.4 Å². The molecule has 1 N–H and O–H groups in total. The van der Waals surface area contributed by atoms with Gasteiger partial charge >= 0.3 is 5.97 Å². The number of esters is 1. The van der Waals surface area contributed by atoms with Crippen molar-refractivity contribution in [2.45, 2.75) is 13.5 Å². The van der Waals surface area contributed by atoms with E-state index in [-0.39, 0.29) is 12.4 Å². The van der Waals surface area contributed by atoms with Crippen LogP contribution in [0.25, 0.3) is 0 Å². The maximum atomic E-state index is 11.4. The molecule has 0 aromatic heterocycles. The summed E-state index contributed by atoms with van der Waals surface area (Å²) in [6, 6.07) is 7.08. The number of carbonyl (C=O) groups excluding carboxylic acids is 2. The normalized spacial score (nSPS) is 9.88. The van der Waals surface area contributed by atoms with Gasteiger partial charge in [0.05, 0.1) is 5.56 Å². The maximum Gasteiger partial charge on any atom is 0.338 e. The Bertz CT molecular complexity index is 370. The van der Waals surface area contributed by atoms with Gasteiger partial charge < -0.3 is 10.1 Å². The van der Waals surface area contributed by atoms with E-state index in [1.165, 1.54) is 6.92 Å². The summed E-state index contributed by atoms with van der Waals surface area (Å²) in [6.07, 6.45) is 0. The minimum atomic E-state index is -0.466. The van der Waals surface area contributed by atoms with Crippen LogP contribution in [0.4, 0.5) is 0 Å². The number of ether oxygens (including phenoxy) is 1. The third-order valence-corrected chi connectivity index (χ3v) is 1.98. The Morgan fingerprint density at radius 2 is 1.88 bits per heavy atom. The predicted molar refractivity (Wildman–Crippen MR) is 60.2 cm³/mol. The summed E-state index contributed by atoms with van der Waals surface area (Å²) < 4.78 is 4.79. The van der Waals surface area contributed by atoms with E-state index in [1.54, 1.807) is 12.1 Å². The van der Waals surface area contributed by atoms with E-state index in [4.69, 9.17) is 4.74 Å². The molecule has 0 atom stereocenters. The van der Waals surface area contributed by atoms with Crippen LogP contribution in [-0.4, -0.2) is 25.4 Å². The van der Waals surface area contributed by atoms with Crippen LogP contribution >= 0.6 is 0 Å². The summed E-state index contributed by atoms with van der Waals surface area (Å²) in [7, 11) is 1.86. The molecule has 0 heterocycles. The molecule has 1 rings (SSSR count). The number of rotatable bonds is 5. The van der Waals surface area contributed by atoms with Gasteiger partial charge in [0.2, 0.25) is 0 Å². The van der Waals surface area contributed by atoms with E-state index in [0.717, 1.165) is 12.1 Å². The number of benzene rings is 1. The fourth-order valence-electron chi connectivity index (χ4n) is 1.21. The van der Waals surface area contributed by atoms with Gasteiger partial charge in [-0.2, -0.15) is 0 Å². The Morgan fingerprint density at radius 1 is 1.25 bits per heavy atom. The molecule has 0 amide bonds. The summed E-state index contributed by atoms with van der Waals surface area (Å²) in [5, 5.41) is 3.01. The van der Waals surface area contributed by atoms with Crippen LogP contribution in [0, 0.1) is 0 Å². The van der Waals surface area contributed by atoms with E-state index in [2.05, 4.69) is 5.32 Å². The Labute approximate surface area is 94.6 Å². The highest BCUT2D eigenvalue weighted by Crippen LogP contribution is 2.05. The fourth-order valence-corrected chi connectivity index (χ4v) is 1.21. The molecule has 86 valence electrons. The van der Waals surface area contributed by atoms with Crippen LogP contribution in [0.2, 0.25) is 0 Å². The number of hydrogen-bond acceptors (Lipinski definition) is 4. The fraction of sp³-hybridized carbons (Fsp3) is 0.333. The molecule has 0 unspecified atom stereocenters. The highest BCUT2D eigenvalue weighted by atomic mass is 16.5. The Kier molecular flexibility index (Phi) is 4.66. The largest absolute Gasteiger partial charge is 0.454 e. The molecule has 1 aromatic carbocycles. The van der Waals surface area contributed by atoms with E-state index < -0.39 is 5.97 Å². The van der Waals surface area contributed by atoms with E-state index in [9.17, 15) is 9.59 Å². The standard InChI is InChI=1S/C12H15NO3/c1-9(14)8-16-12(15)11-5-3-10(4-6-11)7-13-2/h3-6,13H,7-8H2,1-2H3. The molecule has 4 heteroatoms. The Morgan fingerprint density at radius 3 is 2.38 bits per heavy atom. The first-order valence-electron chi connectivity index (χ1n) is 5.03. The molecule has 0 aliphatic rings. The molecule has 0 saturated heterocycles. The van der Waals surface area contributed by atoms with Crippen molar-refractivity contribution in [2.24, 2.45) is 0 Å². The van der Waals surface area contributed by atoms with Crippen LogP contribution in [-0.2, 0) is 16.1 Å². The first kappa shape index (κ1) is 12.4. The molecule has 4 nitrogen and oxygen atoms in total. The van der Waals surface area contributed by atoms with Gasteiger partial charge in [0, 0.05) is 6.54 Å². The van der Waals surface area contributed by atoms with Crippen LogP contribution in [0.15, 0.2) is 24.3 Å². The van der Waals surface area contributed by atoms with E-state index in [0.29, 0.717) is 5.56 Å². The van der Waals surface area contributed by atoms with Crippen molar-refractivity contribution in [1.82, 2.24) is 5.32 Å². The zero-order valence-electron chi connectivity index (χ0n) is 9.45. The highest BCUT2D eigenvalue weighted by Gasteiger charge is 2.07. The van der Waals surface area contributed by atoms with Gasteiger partial charge in [-0.3, -0.25) is 4.79 Å². The second kappa shape index (κ2) is 6.02. The number of carbonyl (C=O) groups is 2. The molecule has 0 spiro atoms. The Balaban J connectivity index is 2.59. The smallest absolute Gasteiger partial charge is 0.338 e. The number of nitrogens with one attached hydrogen (secondary N) is 1. The molecule has 0 aliphatic heterocycles. The van der Waals surface area contributed by atoms with Gasteiger partial charge in [0.1, 0.15) is 6.61 Å². The van der Waals surface area contributed by atoms with Gasteiger partial charge in [-0.15, -0.1) is 0 Å². The van der Waals surface area contributed by atoms with Crippen molar-refractivity contribution in [3.63, 3.8) is 0 Å². The zero-order chi connectivity index (χ0) is 12.0. The molecular formula is C12H15NO3. The van der Waals surface area contributed by atoms with Crippen molar-refractivity contribution in [1.29, 1.82) is 0 Å². The van der Waals surface area contributed by atoms with Gasteiger partial charge in [-0.25, -0.2) is 4.79 Å². The summed E-state index contributed by atoms with van der Waals surface area (Å²) in [6.45, 7) is 1.96. The van der Waals surface area contributed by atoms with E-state index in [1.807, 2.05) is 19.2 Å². The predicted octanol–water partition coefficient (Wildman–Crippen LogP) is 1.15. The number of hydrogen-bond donors (Lipinski definition) is 1. The number of ketones is 1. The van der Waals surface area contributed by atoms with Crippen LogP contribution in [0.5, 0.6) is 0 Å². The summed E-state index contributed by atoms with van der Waals surface area (Å²) in [4.78, 5) is 22.1. The van der Waals surface area contributed by atoms with Crippen molar-refractivity contribution >= 4 is 11.8 Å². The number of Topliss-reactive ketones (excluding diaryl/α,β-unsaturated/α-hetero) is 1. The quantitative estimate of drug-likeness (QED) is 0.758. The molecule has 0 saturated carbocycles. The van der Waals surface area contributed by atoms with Crippen molar-refractivity contribution < 1.29 is 14.3 Å². The SMILES string of the molecule is CNCc1ccc(C(=O)OCC(C)=O)cc1. The lowest BCUT2D eigenvalue weighted by Gasteiger charge is -2.04. The summed E-state index contributed by atoms with van der Waals surface area (Å²) in [5.41, 5.74) is 1.55. The van der Waals surface area contributed by atoms with Crippen LogP contribution < -0.4 is 5.32 Å². The lowest BCUT2D eigenvalue weighted by atomic mass is 10.1. The van der Waals surface area contributed by atoms with Gasteiger partial charge in [-0.1, -0.05) is 12.1 Å². The second-order valence-electron chi connectivity index (χ2n) is 3.51. The molecule has 16 heavy (non-hydrogen) atoms. The first-order chi connectivity index (χ1) is 7.63. The zero-order valence-corrected chi connectivity index (χ0v) is 9.45. The van der Waals surface area contributed by atoms with Crippen LogP contribution in [0.1, 0.15) is 22.8 Å². The topological polar surface area (TPSA) is 55.4 Å². The average Bonchev–Trinajstić information content (AvgIpc) is 2.27. The maximum absolute atomic E-state index is 11.4. The molecular weight excluding hydrogens is 206 g/mol. The van der Waals surface area contributed by atoms with E-state index >= 15 is 0 Å². The van der Waals surface area contributed by atoms with Gasteiger partial charge in [-0.05, 0) is 31.7 Å². The van der Waals surface area contributed by atoms with Gasteiger partial charge in [0.25, 0.3) is 0 Å². The Hall–Kier alpha value is -1.68. The molecule has 0 bridgehead atoms. The molecule has 0 aliphatic carbocycles. The summed E-state index contributed by atoms with van der Waals surface area (Å²) >= 11 is 0. The molecule has 0 fully saturated rings.